The summed E-state index contributed by atoms with van der Waals surface area (Å²) < 4.78 is 0.977. The molecule has 0 aliphatic rings. The number of aromatic amines is 2. The number of aromatic nitrogens is 4. The first-order valence-electron chi connectivity index (χ1n) is 8.95. The van der Waals surface area contributed by atoms with Crippen molar-refractivity contribution < 1.29 is 4.79 Å². The number of rotatable bonds is 4. The average Bonchev–Trinajstić information content (AvgIpc) is 3.06. The predicted octanol–water partition coefficient (Wildman–Crippen LogP) is 2.40. The fourth-order valence-electron chi connectivity index (χ4n) is 3.35. The summed E-state index contributed by atoms with van der Waals surface area (Å²) in [6.07, 6.45) is 0. The molecular formula is C20H19N5O3. The average molecular weight is 377 g/mol. The van der Waals surface area contributed by atoms with Crippen LogP contribution in [0.1, 0.15) is 19.9 Å². The van der Waals surface area contributed by atoms with E-state index < -0.39 is 23.2 Å². The first-order chi connectivity index (χ1) is 13.5. The molecule has 8 nitrogen and oxygen atoms in total. The molecule has 1 amide bonds. The van der Waals surface area contributed by atoms with Crippen molar-refractivity contribution in [2.24, 2.45) is 5.92 Å². The molecule has 2 aromatic carbocycles. The lowest BCUT2D eigenvalue weighted by Gasteiger charge is -2.21. The number of carbonyl (C=O) groups excluding carboxylic acids is 1. The topological polar surface area (TPSA) is 113 Å². The molecule has 0 aliphatic heterocycles. The Labute approximate surface area is 159 Å². The second-order valence-corrected chi connectivity index (χ2v) is 6.93. The number of nitrogens with zero attached hydrogens (tertiary/aromatic N) is 2. The monoisotopic (exact) mass is 377 g/mol. The SMILES string of the molecule is CC(C)[C@H](C(=O)Nc1nc2ccccc2[nH]1)n1c(=O)[nH]c2ccccc2c1=O. The smallest absolute Gasteiger partial charge is 0.324 e. The van der Waals surface area contributed by atoms with Crippen molar-refractivity contribution in [3.8, 4) is 0 Å². The molecule has 0 spiro atoms. The molecule has 2 heterocycles. The number of carbonyl (C=O) groups is 1. The lowest BCUT2D eigenvalue weighted by molar-refractivity contribution is -0.120. The Morgan fingerprint density at radius 1 is 1.00 bits per heavy atom. The highest BCUT2D eigenvalue weighted by Crippen LogP contribution is 2.19. The third kappa shape index (κ3) is 2.98. The highest BCUT2D eigenvalue weighted by Gasteiger charge is 2.28. The van der Waals surface area contributed by atoms with Gasteiger partial charge in [0, 0.05) is 0 Å². The van der Waals surface area contributed by atoms with Crippen molar-refractivity contribution >= 4 is 33.8 Å². The zero-order valence-corrected chi connectivity index (χ0v) is 15.4. The second kappa shape index (κ2) is 6.80. The van der Waals surface area contributed by atoms with Crippen LogP contribution in [0.5, 0.6) is 0 Å². The Morgan fingerprint density at radius 2 is 1.68 bits per heavy atom. The van der Waals surface area contributed by atoms with Crippen LogP contribution in [0.15, 0.2) is 58.1 Å². The van der Waals surface area contributed by atoms with Crippen LogP contribution >= 0.6 is 0 Å². The summed E-state index contributed by atoms with van der Waals surface area (Å²) in [7, 11) is 0. The van der Waals surface area contributed by atoms with E-state index in [4.69, 9.17) is 0 Å². The minimum atomic E-state index is -0.992. The van der Waals surface area contributed by atoms with Crippen LogP contribution < -0.4 is 16.6 Å². The maximum atomic E-state index is 13.0. The molecule has 2 aromatic heterocycles. The van der Waals surface area contributed by atoms with Crippen LogP contribution in [0.2, 0.25) is 0 Å². The molecule has 0 unspecified atom stereocenters. The Balaban J connectivity index is 1.77. The quantitative estimate of drug-likeness (QED) is 0.507. The molecule has 0 radical (unpaired) electrons. The molecule has 8 heteroatoms. The molecule has 3 N–H and O–H groups in total. The van der Waals surface area contributed by atoms with E-state index >= 15 is 0 Å². The molecule has 142 valence electrons. The maximum Gasteiger partial charge on any atom is 0.329 e. The Morgan fingerprint density at radius 3 is 2.39 bits per heavy atom. The molecule has 4 aromatic rings. The van der Waals surface area contributed by atoms with Gasteiger partial charge in [-0.2, -0.15) is 0 Å². The van der Waals surface area contributed by atoms with Crippen LogP contribution in [0.4, 0.5) is 5.95 Å². The Kier molecular flexibility index (Phi) is 4.31. The van der Waals surface area contributed by atoms with E-state index in [1.165, 1.54) is 0 Å². The lowest BCUT2D eigenvalue weighted by Crippen LogP contribution is -2.44. The van der Waals surface area contributed by atoms with Crippen molar-refractivity contribution in [3.05, 3.63) is 69.4 Å². The molecule has 0 saturated heterocycles. The molecular weight excluding hydrogens is 358 g/mol. The first-order valence-corrected chi connectivity index (χ1v) is 8.95. The normalized spacial score (nSPS) is 12.5. The minimum absolute atomic E-state index is 0.266. The van der Waals surface area contributed by atoms with Gasteiger partial charge in [0.25, 0.3) is 5.56 Å². The number of imidazole rings is 1. The van der Waals surface area contributed by atoms with Crippen LogP contribution in [-0.2, 0) is 4.79 Å². The van der Waals surface area contributed by atoms with E-state index in [1.54, 1.807) is 38.1 Å². The number of hydrogen-bond acceptors (Lipinski definition) is 4. The number of hydrogen-bond donors (Lipinski definition) is 3. The van der Waals surface area contributed by atoms with Gasteiger partial charge >= 0.3 is 5.69 Å². The van der Waals surface area contributed by atoms with Crippen molar-refractivity contribution in [1.29, 1.82) is 0 Å². The van der Waals surface area contributed by atoms with Crippen molar-refractivity contribution in [1.82, 2.24) is 19.5 Å². The number of benzene rings is 2. The second-order valence-electron chi connectivity index (χ2n) is 6.93. The van der Waals surface area contributed by atoms with Gasteiger partial charge in [-0.15, -0.1) is 0 Å². The number of para-hydroxylation sites is 3. The van der Waals surface area contributed by atoms with E-state index in [1.807, 2.05) is 24.3 Å². The molecule has 0 saturated carbocycles. The van der Waals surface area contributed by atoms with E-state index in [-0.39, 0.29) is 11.9 Å². The van der Waals surface area contributed by atoms with Crippen molar-refractivity contribution in [3.63, 3.8) is 0 Å². The van der Waals surface area contributed by atoms with Gasteiger partial charge in [0.15, 0.2) is 0 Å². The van der Waals surface area contributed by atoms with E-state index in [0.717, 1.165) is 10.1 Å². The van der Waals surface area contributed by atoms with Crippen LogP contribution in [0.3, 0.4) is 0 Å². The highest BCUT2D eigenvalue weighted by molar-refractivity contribution is 5.94. The van der Waals surface area contributed by atoms with Gasteiger partial charge in [0.1, 0.15) is 6.04 Å². The summed E-state index contributed by atoms with van der Waals surface area (Å²) in [6.45, 7) is 3.56. The number of fused-ring (bicyclic) bond motifs is 2. The minimum Gasteiger partial charge on any atom is -0.324 e. The fourth-order valence-corrected chi connectivity index (χ4v) is 3.35. The van der Waals surface area contributed by atoms with Crippen LogP contribution in [0, 0.1) is 5.92 Å². The van der Waals surface area contributed by atoms with Gasteiger partial charge in [-0.1, -0.05) is 38.1 Å². The van der Waals surface area contributed by atoms with E-state index in [0.29, 0.717) is 16.4 Å². The molecule has 0 fully saturated rings. The summed E-state index contributed by atoms with van der Waals surface area (Å²) in [5.41, 5.74) is 0.799. The zero-order chi connectivity index (χ0) is 19.8. The summed E-state index contributed by atoms with van der Waals surface area (Å²) in [6, 6.07) is 13.1. The number of anilines is 1. The standard InChI is InChI=1S/C20H19N5O3/c1-11(2)16(17(26)24-19-21-14-9-5-6-10-15(14)22-19)25-18(27)12-7-3-4-8-13(12)23-20(25)28/h3-11,16H,1-2H3,(H,23,28)(H2,21,22,24,26)/t16-/m1/s1. The molecule has 4 rings (SSSR count). The third-order valence-corrected chi connectivity index (χ3v) is 4.65. The van der Waals surface area contributed by atoms with Gasteiger partial charge < -0.3 is 9.97 Å². The Hall–Kier alpha value is -3.68. The first kappa shape index (κ1) is 17.7. The summed E-state index contributed by atoms with van der Waals surface area (Å²) in [5.74, 6) is -0.525. The predicted molar refractivity (Wildman–Crippen MR) is 107 cm³/mol. The van der Waals surface area contributed by atoms with Crippen molar-refractivity contribution in [2.45, 2.75) is 19.9 Å². The maximum absolute atomic E-state index is 13.0. The third-order valence-electron chi connectivity index (χ3n) is 4.65. The summed E-state index contributed by atoms with van der Waals surface area (Å²) in [5, 5.41) is 3.05. The van der Waals surface area contributed by atoms with Crippen molar-refractivity contribution in [2.75, 3.05) is 5.32 Å². The largest absolute Gasteiger partial charge is 0.329 e. The van der Waals surface area contributed by atoms with Gasteiger partial charge in [-0.05, 0) is 30.2 Å². The van der Waals surface area contributed by atoms with Gasteiger partial charge in [0.05, 0.1) is 21.9 Å². The molecule has 1 atom stereocenters. The summed E-state index contributed by atoms with van der Waals surface area (Å²) >= 11 is 0. The van der Waals surface area contributed by atoms with E-state index in [2.05, 4.69) is 20.3 Å². The Bertz CT molecular complexity index is 1270. The fraction of sp³-hybridized carbons (Fsp3) is 0.200. The number of amides is 1. The molecule has 28 heavy (non-hydrogen) atoms. The van der Waals surface area contributed by atoms with Gasteiger partial charge in [-0.3, -0.25) is 14.9 Å². The van der Waals surface area contributed by atoms with Gasteiger partial charge in [-0.25, -0.2) is 14.3 Å². The van der Waals surface area contributed by atoms with Crippen LogP contribution in [-0.4, -0.2) is 25.4 Å². The van der Waals surface area contributed by atoms with Crippen LogP contribution in [0.25, 0.3) is 21.9 Å². The number of H-pyrrole nitrogens is 2. The number of nitrogens with one attached hydrogen (secondary N) is 3. The zero-order valence-electron chi connectivity index (χ0n) is 15.4. The molecule has 0 bridgehead atoms. The lowest BCUT2D eigenvalue weighted by atomic mass is 10.0. The molecule has 0 aliphatic carbocycles. The summed E-state index contributed by atoms with van der Waals surface area (Å²) in [4.78, 5) is 48.5. The van der Waals surface area contributed by atoms with E-state index in [9.17, 15) is 14.4 Å². The van der Waals surface area contributed by atoms with Gasteiger partial charge in [0.2, 0.25) is 11.9 Å². The highest BCUT2D eigenvalue weighted by atomic mass is 16.2.